The van der Waals surface area contributed by atoms with Crippen molar-refractivity contribution < 1.29 is 19.1 Å². The molecule has 140 valence electrons. The molecule has 27 heavy (non-hydrogen) atoms. The number of hydrazine groups is 1. The lowest BCUT2D eigenvalue weighted by Gasteiger charge is -2.14. The van der Waals surface area contributed by atoms with Crippen molar-refractivity contribution in [2.24, 2.45) is 0 Å². The van der Waals surface area contributed by atoms with Crippen LogP contribution >= 0.6 is 34.2 Å². The Morgan fingerprint density at radius 2 is 2.04 bits per heavy atom. The van der Waals surface area contributed by atoms with Gasteiger partial charge in [-0.3, -0.25) is 15.0 Å². The molecule has 1 fully saturated rings. The van der Waals surface area contributed by atoms with Gasteiger partial charge in [-0.2, -0.15) is 0 Å². The lowest BCUT2D eigenvalue weighted by Crippen LogP contribution is -2.35. The maximum atomic E-state index is 12.7. The standard InChI is InChI=1S/C19H16ClIN2O4/c1-3-27-16-9-11(8-15(21)17(16)26-2)7-14-18(24)22-23(19(14)25)13-6-4-5-12(20)10-13/h4-10H,3H2,1-2H3,(H,22,24). The minimum atomic E-state index is -0.483. The molecule has 2 aromatic rings. The van der Waals surface area contributed by atoms with E-state index in [0.29, 0.717) is 34.4 Å². The Balaban J connectivity index is 1.97. The smallest absolute Gasteiger partial charge is 0.282 e. The van der Waals surface area contributed by atoms with Crippen LogP contribution in [0.3, 0.4) is 0 Å². The van der Waals surface area contributed by atoms with Crippen molar-refractivity contribution in [3.8, 4) is 11.5 Å². The minimum absolute atomic E-state index is 0.0263. The van der Waals surface area contributed by atoms with Crippen molar-refractivity contribution in [1.29, 1.82) is 0 Å². The van der Waals surface area contributed by atoms with E-state index in [0.717, 1.165) is 3.57 Å². The average molecular weight is 499 g/mol. The van der Waals surface area contributed by atoms with Crippen LogP contribution in [0.5, 0.6) is 11.5 Å². The van der Waals surface area contributed by atoms with Crippen molar-refractivity contribution in [2.75, 3.05) is 18.7 Å². The van der Waals surface area contributed by atoms with Gasteiger partial charge in [0.15, 0.2) is 11.5 Å². The Kier molecular flexibility index (Phi) is 5.91. The van der Waals surface area contributed by atoms with Gasteiger partial charge in [0.05, 0.1) is 23.0 Å². The first-order valence-electron chi connectivity index (χ1n) is 8.07. The van der Waals surface area contributed by atoms with Crippen molar-refractivity contribution in [3.63, 3.8) is 0 Å². The van der Waals surface area contributed by atoms with E-state index in [2.05, 4.69) is 28.0 Å². The highest BCUT2D eigenvalue weighted by atomic mass is 127. The second-order valence-electron chi connectivity index (χ2n) is 5.59. The molecule has 0 radical (unpaired) electrons. The van der Waals surface area contributed by atoms with Crippen LogP contribution in [0, 0.1) is 3.57 Å². The third-order valence-electron chi connectivity index (χ3n) is 3.80. The number of benzene rings is 2. The van der Waals surface area contributed by atoms with E-state index in [4.69, 9.17) is 21.1 Å². The molecule has 0 aliphatic carbocycles. The zero-order valence-electron chi connectivity index (χ0n) is 14.6. The topological polar surface area (TPSA) is 67.9 Å². The number of carbonyl (C=O) groups excluding carboxylic acids is 2. The number of hydrogen-bond acceptors (Lipinski definition) is 4. The molecule has 0 aromatic heterocycles. The normalized spacial score (nSPS) is 15.3. The van der Waals surface area contributed by atoms with Crippen LogP contribution in [0.1, 0.15) is 12.5 Å². The number of anilines is 1. The predicted molar refractivity (Wildman–Crippen MR) is 112 cm³/mol. The molecule has 3 rings (SSSR count). The van der Waals surface area contributed by atoms with Gasteiger partial charge in [-0.15, -0.1) is 0 Å². The first kappa shape index (κ1) is 19.5. The molecule has 0 atom stereocenters. The highest BCUT2D eigenvalue weighted by molar-refractivity contribution is 14.1. The van der Waals surface area contributed by atoms with Gasteiger partial charge in [-0.05, 0) is 71.5 Å². The van der Waals surface area contributed by atoms with Crippen LogP contribution in [0.2, 0.25) is 5.02 Å². The fourth-order valence-corrected chi connectivity index (χ4v) is 3.68. The van der Waals surface area contributed by atoms with Crippen LogP contribution in [-0.4, -0.2) is 25.5 Å². The summed E-state index contributed by atoms with van der Waals surface area (Å²) in [5.41, 5.74) is 3.73. The summed E-state index contributed by atoms with van der Waals surface area (Å²) in [6.45, 7) is 2.34. The molecule has 2 amide bonds. The van der Waals surface area contributed by atoms with Crippen LogP contribution < -0.4 is 19.9 Å². The maximum absolute atomic E-state index is 12.7. The number of rotatable bonds is 5. The first-order chi connectivity index (χ1) is 12.9. The molecular formula is C19H16ClIN2O4. The summed E-state index contributed by atoms with van der Waals surface area (Å²) >= 11 is 8.10. The van der Waals surface area contributed by atoms with Gasteiger partial charge < -0.3 is 9.47 Å². The Morgan fingerprint density at radius 1 is 1.26 bits per heavy atom. The molecule has 6 nitrogen and oxygen atoms in total. The lowest BCUT2D eigenvalue weighted by molar-refractivity contribution is -0.117. The van der Waals surface area contributed by atoms with Crippen molar-refractivity contribution in [1.82, 2.24) is 5.43 Å². The van der Waals surface area contributed by atoms with Crippen molar-refractivity contribution >= 4 is 57.8 Å². The van der Waals surface area contributed by atoms with Gasteiger partial charge in [0.1, 0.15) is 5.57 Å². The van der Waals surface area contributed by atoms with Gasteiger partial charge in [-0.1, -0.05) is 17.7 Å². The number of amides is 2. The van der Waals surface area contributed by atoms with E-state index in [1.165, 1.54) is 11.1 Å². The van der Waals surface area contributed by atoms with E-state index in [9.17, 15) is 9.59 Å². The summed E-state index contributed by atoms with van der Waals surface area (Å²) in [5, 5.41) is 1.65. The van der Waals surface area contributed by atoms with E-state index in [-0.39, 0.29) is 5.57 Å². The van der Waals surface area contributed by atoms with Crippen LogP contribution in [-0.2, 0) is 9.59 Å². The van der Waals surface area contributed by atoms with Crippen LogP contribution in [0.15, 0.2) is 42.0 Å². The number of hydrogen-bond donors (Lipinski definition) is 1. The summed E-state index contributed by atoms with van der Waals surface area (Å²) < 4.78 is 11.8. The number of methoxy groups -OCH3 is 1. The van der Waals surface area contributed by atoms with Gasteiger partial charge in [0, 0.05) is 5.02 Å². The second kappa shape index (κ2) is 8.18. The summed E-state index contributed by atoms with van der Waals surface area (Å²) in [6.07, 6.45) is 1.53. The zero-order valence-corrected chi connectivity index (χ0v) is 17.5. The number of ether oxygens (including phenoxy) is 2. The molecule has 1 aliphatic rings. The van der Waals surface area contributed by atoms with Crippen LogP contribution in [0.25, 0.3) is 6.08 Å². The molecule has 1 saturated heterocycles. The fraction of sp³-hybridized carbons (Fsp3) is 0.158. The quantitative estimate of drug-likeness (QED) is 0.387. The summed E-state index contributed by atoms with van der Waals surface area (Å²) in [4.78, 5) is 25.1. The number of halogens is 2. The van der Waals surface area contributed by atoms with E-state index in [1.54, 1.807) is 37.4 Å². The summed E-state index contributed by atoms with van der Waals surface area (Å²) in [5.74, 6) is 0.230. The number of nitrogens with one attached hydrogen (secondary N) is 1. The molecule has 0 bridgehead atoms. The molecule has 1 N–H and O–H groups in total. The van der Waals surface area contributed by atoms with E-state index < -0.39 is 11.8 Å². The summed E-state index contributed by atoms with van der Waals surface area (Å²) in [7, 11) is 1.56. The van der Waals surface area contributed by atoms with E-state index in [1.807, 2.05) is 13.0 Å². The largest absolute Gasteiger partial charge is 0.492 e. The predicted octanol–water partition coefficient (Wildman–Crippen LogP) is 3.81. The Labute approximate surface area is 175 Å². The summed E-state index contributed by atoms with van der Waals surface area (Å²) in [6, 6.07) is 10.2. The molecule has 0 saturated carbocycles. The maximum Gasteiger partial charge on any atom is 0.282 e. The SMILES string of the molecule is CCOc1cc(C=C2C(=O)NN(c3cccc(Cl)c3)C2=O)cc(I)c1OC. The average Bonchev–Trinajstić information content (AvgIpc) is 2.90. The Bertz CT molecular complexity index is 945. The zero-order chi connectivity index (χ0) is 19.6. The molecule has 0 unspecified atom stereocenters. The van der Waals surface area contributed by atoms with Gasteiger partial charge in [-0.25, -0.2) is 5.01 Å². The third kappa shape index (κ3) is 4.03. The highest BCUT2D eigenvalue weighted by Gasteiger charge is 2.34. The third-order valence-corrected chi connectivity index (χ3v) is 4.84. The molecule has 8 heteroatoms. The molecule has 1 aliphatic heterocycles. The lowest BCUT2D eigenvalue weighted by atomic mass is 10.1. The minimum Gasteiger partial charge on any atom is -0.492 e. The number of carbonyl (C=O) groups is 2. The number of nitrogens with zero attached hydrogens (tertiary/aromatic N) is 1. The fourth-order valence-electron chi connectivity index (χ4n) is 2.65. The molecule has 1 heterocycles. The second-order valence-corrected chi connectivity index (χ2v) is 7.19. The van der Waals surface area contributed by atoms with E-state index >= 15 is 0 Å². The monoisotopic (exact) mass is 498 g/mol. The molecule has 0 spiro atoms. The van der Waals surface area contributed by atoms with Crippen molar-refractivity contribution in [2.45, 2.75) is 6.92 Å². The first-order valence-corrected chi connectivity index (χ1v) is 9.53. The Hall–Kier alpha value is -2.26. The van der Waals surface area contributed by atoms with Gasteiger partial charge in [0.2, 0.25) is 0 Å². The van der Waals surface area contributed by atoms with Gasteiger partial charge in [0.25, 0.3) is 11.8 Å². The van der Waals surface area contributed by atoms with Crippen LogP contribution in [0.4, 0.5) is 5.69 Å². The van der Waals surface area contributed by atoms with Crippen molar-refractivity contribution in [3.05, 3.63) is 56.1 Å². The van der Waals surface area contributed by atoms with Gasteiger partial charge >= 0.3 is 0 Å². The molecular weight excluding hydrogens is 483 g/mol. The molecule has 2 aromatic carbocycles. The highest BCUT2D eigenvalue weighted by Crippen LogP contribution is 2.35. The Morgan fingerprint density at radius 3 is 2.70 bits per heavy atom.